The van der Waals surface area contributed by atoms with E-state index in [0.29, 0.717) is 13.2 Å². The van der Waals surface area contributed by atoms with Crippen molar-refractivity contribution in [1.82, 2.24) is 0 Å². The summed E-state index contributed by atoms with van der Waals surface area (Å²) in [7, 11) is 4.46. The van der Waals surface area contributed by atoms with Crippen LogP contribution in [-0.2, 0) is 11.3 Å². The molecule has 0 radical (unpaired) electrons. The number of ether oxygens (including phenoxy) is 3. The topological polar surface area (TPSA) is 27.7 Å². The fraction of sp³-hybridized carbons (Fsp3) is 0.478. The number of alkyl halides is 1. The minimum absolute atomic E-state index is 0.578. The first-order valence-corrected chi connectivity index (χ1v) is 11.1. The molecule has 0 saturated heterocycles. The van der Waals surface area contributed by atoms with Crippen molar-refractivity contribution < 1.29 is 18.7 Å². The van der Waals surface area contributed by atoms with Crippen LogP contribution in [0.4, 0.5) is 0 Å². The van der Waals surface area contributed by atoms with E-state index in [4.69, 9.17) is 14.2 Å². The van der Waals surface area contributed by atoms with Gasteiger partial charge in [0.25, 0.3) is 0 Å². The zero-order valence-corrected chi connectivity index (χ0v) is 18.7. The standard InChI is InChI=1S/C23H33BrNO3/c1-25(2,15-17-26-18-19-28-22-8-4-3-5-9-22)20-21-10-12-23(13-11-21)27-16-7-6-14-24/h3-5,8-13H,6-7,14-20H2,1-2H3/q+1. The molecule has 0 N–H and O–H groups in total. The second-order valence-electron chi connectivity index (χ2n) is 7.48. The summed E-state index contributed by atoms with van der Waals surface area (Å²) in [4.78, 5) is 0. The molecule has 0 aromatic heterocycles. The molecule has 0 atom stereocenters. The predicted molar refractivity (Wildman–Crippen MR) is 118 cm³/mol. The molecular formula is C23H33BrNO3+. The lowest BCUT2D eigenvalue weighted by molar-refractivity contribution is -0.904. The zero-order chi connectivity index (χ0) is 20.1. The summed E-state index contributed by atoms with van der Waals surface area (Å²) in [6, 6.07) is 18.3. The minimum atomic E-state index is 0.578. The van der Waals surface area contributed by atoms with Crippen molar-refractivity contribution in [3.05, 3.63) is 60.2 Å². The van der Waals surface area contributed by atoms with E-state index in [1.165, 1.54) is 5.56 Å². The SMILES string of the molecule is C[N+](C)(CCOCCOc1ccccc1)Cc1ccc(OCCCCBr)cc1. The van der Waals surface area contributed by atoms with Crippen molar-refractivity contribution >= 4 is 15.9 Å². The highest BCUT2D eigenvalue weighted by atomic mass is 79.9. The van der Waals surface area contributed by atoms with Gasteiger partial charge in [-0.2, -0.15) is 0 Å². The highest BCUT2D eigenvalue weighted by Gasteiger charge is 2.15. The highest BCUT2D eigenvalue weighted by Crippen LogP contribution is 2.16. The Morgan fingerprint density at radius 3 is 2.14 bits per heavy atom. The van der Waals surface area contributed by atoms with Gasteiger partial charge in [-0.1, -0.05) is 34.1 Å². The van der Waals surface area contributed by atoms with Gasteiger partial charge in [0.2, 0.25) is 0 Å². The molecule has 0 aliphatic carbocycles. The van der Waals surface area contributed by atoms with Crippen LogP contribution in [0.1, 0.15) is 18.4 Å². The van der Waals surface area contributed by atoms with E-state index in [0.717, 1.165) is 60.5 Å². The van der Waals surface area contributed by atoms with E-state index in [1.807, 2.05) is 30.3 Å². The lowest BCUT2D eigenvalue weighted by Gasteiger charge is -2.29. The van der Waals surface area contributed by atoms with Crippen LogP contribution in [-0.4, -0.2) is 56.9 Å². The zero-order valence-electron chi connectivity index (χ0n) is 17.1. The number of unbranched alkanes of at least 4 members (excludes halogenated alkanes) is 1. The van der Waals surface area contributed by atoms with Crippen LogP contribution in [0.2, 0.25) is 0 Å². The molecule has 0 amide bonds. The van der Waals surface area contributed by atoms with E-state index in [9.17, 15) is 0 Å². The van der Waals surface area contributed by atoms with Gasteiger partial charge in [-0.3, -0.25) is 0 Å². The van der Waals surface area contributed by atoms with Gasteiger partial charge in [0.15, 0.2) is 0 Å². The molecule has 0 aliphatic heterocycles. The number of hydrogen-bond donors (Lipinski definition) is 0. The molecule has 0 unspecified atom stereocenters. The molecule has 2 rings (SSSR count). The lowest BCUT2D eigenvalue weighted by atomic mass is 10.2. The van der Waals surface area contributed by atoms with Crippen LogP contribution < -0.4 is 9.47 Å². The Morgan fingerprint density at radius 1 is 0.750 bits per heavy atom. The van der Waals surface area contributed by atoms with Gasteiger partial charge >= 0.3 is 0 Å². The molecule has 28 heavy (non-hydrogen) atoms. The molecule has 2 aromatic rings. The largest absolute Gasteiger partial charge is 0.494 e. The third-order valence-corrected chi connectivity index (χ3v) is 4.97. The van der Waals surface area contributed by atoms with Crippen LogP contribution >= 0.6 is 15.9 Å². The fourth-order valence-corrected chi connectivity index (χ4v) is 3.20. The summed E-state index contributed by atoms with van der Waals surface area (Å²) < 4.78 is 18.0. The molecule has 4 nitrogen and oxygen atoms in total. The quantitative estimate of drug-likeness (QED) is 0.232. The molecule has 154 valence electrons. The second kappa shape index (κ2) is 12.8. The Balaban J connectivity index is 1.61. The summed E-state index contributed by atoms with van der Waals surface area (Å²) in [6.45, 7) is 4.60. The lowest BCUT2D eigenvalue weighted by Crippen LogP contribution is -2.41. The minimum Gasteiger partial charge on any atom is -0.494 e. The maximum atomic E-state index is 5.77. The van der Waals surface area contributed by atoms with E-state index >= 15 is 0 Å². The Kier molecular flexibility index (Phi) is 10.4. The number of quaternary nitrogens is 1. The Hall–Kier alpha value is -1.56. The Bertz CT molecular complexity index is 647. The second-order valence-corrected chi connectivity index (χ2v) is 8.27. The van der Waals surface area contributed by atoms with Crippen molar-refractivity contribution in [2.75, 3.05) is 52.4 Å². The van der Waals surface area contributed by atoms with Crippen LogP contribution in [0.15, 0.2) is 54.6 Å². The van der Waals surface area contributed by atoms with Gasteiger partial charge in [-0.25, -0.2) is 0 Å². The molecular weight excluding hydrogens is 418 g/mol. The van der Waals surface area contributed by atoms with Gasteiger partial charge in [0, 0.05) is 10.9 Å². The smallest absolute Gasteiger partial charge is 0.119 e. The Morgan fingerprint density at radius 2 is 1.43 bits per heavy atom. The first kappa shape index (κ1) is 22.7. The van der Waals surface area contributed by atoms with E-state index in [2.05, 4.69) is 54.3 Å². The van der Waals surface area contributed by atoms with Crippen molar-refractivity contribution in [1.29, 1.82) is 0 Å². The van der Waals surface area contributed by atoms with Gasteiger partial charge in [0.05, 0.1) is 33.9 Å². The summed E-state index contributed by atoms with van der Waals surface area (Å²) in [5, 5.41) is 1.03. The normalized spacial score (nSPS) is 11.4. The number of benzene rings is 2. The predicted octanol–water partition coefficient (Wildman–Crippen LogP) is 4.91. The van der Waals surface area contributed by atoms with Gasteiger partial charge in [0.1, 0.15) is 31.2 Å². The third kappa shape index (κ3) is 9.58. The summed E-state index contributed by atoms with van der Waals surface area (Å²) >= 11 is 3.44. The average molecular weight is 451 g/mol. The number of hydrogen-bond acceptors (Lipinski definition) is 3. The van der Waals surface area contributed by atoms with Crippen LogP contribution in [0.3, 0.4) is 0 Å². The van der Waals surface area contributed by atoms with E-state index in [-0.39, 0.29) is 0 Å². The summed E-state index contributed by atoms with van der Waals surface area (Å²) in [6.07, 6.45) is 2.22. The Labute approximate surface area is 178 Å². The fourth-order valence-electron chi connectivity index (χ4n) is 2.80. The first-order valence-electron chi connectivity index (χ1n) is 9.94. The number of halogens is 1. The van der Waals surface area contributed by atoms with E-state index < -0.39 is 0 Å². The summed E-state index contributed by atoms with van der Waals surface area (Å²) in [5.74, 6) is 1.84. The number of nitrogens with zero attached hydrogens (tertiary/aromatic N) is 1. The van der Waals surface area contributed by atoms with Crippen molar-refractivity contribution in [3.8, 4) is 11.5 Å². The van der Waals surface area contributed by atoms with Crippen molar-refractivity contribution in [3.63, 3.8) is 0 Å². The van der Waals surface area contributed by atoms with Crippen molar-refractivity contribution in [2.45, 2.75) is 19.4 Å². The maximum absolute atomic E-state index is 5.77. The summed E-state index contributed by atoms with van der Waals surface area (Å²) in [5.41, 5.74) is 1.31. The highest BCUT2D eigenvalue weighted by molar-refractivity contribution is 9.09. The van der Waals surface area contributed by atoms with Crippen LogP contribution in [0.25, 0.3) is 0 Å². The average Bonchev–Trinajstić information content (AvgIpc) is 2.70. The van der Waals surface area contributed by atoms with Gasteiger partial charge < -0.3 is 18.7 Å². The molecule has 0 heterocycles. The van der Waals surface area contributed by atoms with Gasteiger partial charge in [-0.15, -0.1) is 0 Å². The molecule has 0 aliphatic rings. The molecule has 2 aromatic carbocycles. The number of para-hydroxylation sites is 1. The number of likely N-dealkylation sites (N-methyl/N-ethyl adjacent to an activating group) is 1. The van der Waals surface area contributed by atoms with Gasteiger partial charge in [-0.05, 0) is 49.2 Å². The molecule has 0 fully saturated rings. The van der Waals surface area contributed by atoms with Crippen molar-refractivity contribution in [2.24, 2.45) is 0 Å². The number of rotatable bonds is 14. The first-order chi connectivity index (χ1) is 13.6. The maximum Gasteiger partial charge on any atom is 0.119 e. The van der Waals surface area contributed by atoms with Crippen LogP contribution in [0, 0.1) is 0 Å². The molecule has 0 bridgehead atoms. The third-order valence-electron chi connectivity index (χ3n) is 4.41. The van der Waals surface area contributed by atoms with Crippen LogP contribution in [0.5, 0.6) is 11.5 Å². The molecule has 0 saturated carbocycles. The molecule has 0 spiro atoms. The molecule has 5 heteroatoms. The monoisotopic (exact) mass is 450 g/mol. The van der Waals surface area contributed by atoms with E-state index in [1.54, 1.807) is 0 Å².